The number of allylic oxidation sites excluding steroid dienone is 1. The highest BCUT2D eigenvalue weighted by Crippen LogP contribution is 2.35. The molecule has 3 atom stereocenters. The predicted octanol–water partition coefficient (Wildman–Crippen LogP) is 4.61. The first-order chi connectivity index (χ1) is 14.6. The van der Waals surface area contributed by atoms with E-state index in [9.17, 15) is 9.59 Å². The molecule has 0 amide bonds. The smallest absolute Gasteiger partial charge is 0.331 e. The van der Waals surface area contributed by atoms with Gasteiger partial charge in [-0.2, -0.15) is 0 Å². The lowest BCUT2D eigenvalue weighted by atomic mass is 9.80. The van der Waals surface area contributed by atoms with E-state index < -0.39 is 0 Å². The zero-order chi connectivity index (χ0) is 20.9. The summed E-state index contributed by atoms with van der Waals surface area (Å²) in [4.78, 5) is 25.0. The number of rotatable bonds is 5. The molecule has 0 bridgehead atoms. The summed E-state index contributed by atoms with van der Waals surface area (Å²) in [5.74, 6) is 0.116. The highest BCUT2D eigenvalue weighted by molar-refractivity contribution is 5.96. The van der Waals surface area contributed by atoms with Crippen LogP contribution in [0, 0.1) is 12.8 Å². The number of fused-ring (bicyclic) bond motifs is 1. The van der Waals surface area contributed by atoms with E-state index in [4.69, 9.17) is 14.2 Å². The van der Waals surface area contributed by atoms with Gasteiger partial charge in [-0.25, -0.2) is 4.79 Å². The Labute approximate surface area is 176 Å². The normalized spacial score (nSPS) is 23.3. The molecule has 1 fully saturated rings. The molecule has 0 N–H and O–H groups in total. The van der Waals surface area contributed by atoms with Gasteiger partial charge in [0, 0.05) is 12.5 Å². The van der Waals surface area contributed by atoms with Crippen LogP contribution in [0.5, 0.6) is 5.75 Å². The zero-order valence-electron chi connectivity index (χ0n) is 16.8. The maximum atomic E-state index is 12.8. The van der Waals surface area contributed by atoms with E-state index in [1.54, 1.807) is 6.08 Å². The lowest BCUT2D eigenvalue weighted by molar-refractivity contribution is -0.149. The summed E-state index contributed by atoms with van der Waals surface area (Å²) in [6.45, 7) is 1.99. The Balaban J connectivity index is 1.33. The molecule has 5 nitrogen and oxygen atoms in total. The second-order valence-electron chi connectivity index (χ2n) is 7.66. The first kappa shape index (κ1) is 20.0. The number of carbonyl (C=O) groups is 2. The zero-order valence-corrected chi connectivity index (χ0v) is 16.8. The van der Waals surface area contributed by atoms with Crippen LogP contribution >= 0.6 is 0 Å². The molecule has 1 aliphatic heterocycles. The third-order valence-electron chi connectivity index (χ3n) is 5.42. The second-order valence-corrected chi connectivity index (χ2v) is 7.66. The summed E-state index contributed by atoms with van der Waals surface area (Å²) in [5.41, 5.74) is 2.06. The number of ether oxygens (including phenoxy) is 3. The van der Waals surface area contributed by atoms with Crippen LogP contribution in [0.25, 0.3) is 6.08 Å². The number of ketones is 1. The van der Waals surface area contributed by atoms with Crippen molar-refractivity contribution in [3.8, 4) is 5.75 Å². The van der Waals surface area contributed by atoms with E-state index in [2.05, 4.69) is 0 Å². The number of Topliss-reactive ketones (excluding diaryl/α,β-unsaturated/α-hetero) is 1. The molecule has 30 heavy (non-hydrogen) atoms. The van der Waals surface area contributed by atoms with E-state index in [1.807, 2.05) is 61.5 Å². The van der Waals surface area contributed by atoms with Crippen LogP contribution in [-0.2, 0) is 19.1 Å². The molecule has 4 rings (SSSR count). The molecular formula is C25H24O5. The fraction of sp³-hybridized carbons (Fsp3) is 0.280. The van der Waals surface area contributed by atoms with Gasteiger partial charge in [0.15, 0.2) is 0 Å². The molecule has 1 heterocycles. The summed E-state index contributed by atoms with van der Waals surface area (Å²) >= 11 is 0. The van der Waals surface area contributed by atoms with Crippen molar-refractivity contribution in [2.24, 2.45) is 5.92 Å². The van der Waals surface area contributed by atoms with Gasteiger partial charge in [0.05, 0.1) is 5.92 Å². The van der Waals surface area contributed by atoms with Crippen molar-refractivity contribution in [1.29, 1.82) is 0 Å². The first-order valence-electron chi connectivity index (χ1n) is 10.2. The van der Waals surface area contributed by atoms with E-state index in [-0.39, 0.29) is 35.6 Å². The minimum atomic E-state index is -0.386. The van der Waals surface area contributed by atoms with Gasteiger partial charge >= 0.3 is 5.97 Å². The van der Waals surface area contributed by atoms with Gasteiger partial charge in [0.25, 0.3) is 0 Å². The van der Waals surface area contributed by atoms with Crippen molar-refractivity contribution in [3.05, 3.63) is 83.8 Å². The van der Waals surface area contributed by atoms with E-state index in [0.29, 0.717) is 25.0 Å². The van der Waals surface area contributed by atoms with Crippen LogP contribution < -0.4 is 4.74 Å². The lowest BCUT2D eigenvalue weighted by Gasteiger charge is -2.36. The molecule has 3 unspecified atom stereocenters. The van der Waals surface area contributed by atoms with Crippen molar-refractivity contribution in [2.75, 3.05) is 0 Å². The molecule has 0 radical (unpaired) electrons. The summed E-state index contributed by atoms with van der Waals surface area (Å²) < 4.78 is 17.1. The van der Waals surface area contributed by atoms with Gasteiger partial charge in [-0.15, -0.1) is 0 Å². The van der Waals surface area contributed by atoms with Crippen LogP contribution in [0.15, 0.2) is 72.7 Å². The Bertz CT molecular complexity index is 959. The van der Waals surface area contributed by atoms with Crippen molar-refractivity contribution in [1.82, 2.24) is 0 Å². The van der Waals surface area contributed by atoms with Gasteiger partial charge in [0.2, 0.25) is 11.5 Å². The number of carbonyl (C=O) groups excluding carboxylic acids is 2. The minimum Gasteiger partial charge on any atom is -0.493 e. The van der Waals surface area contributed by atoms with Crippen LogP contribution in [0.2, 0.25) is 0 Å². The second kappa shape index (κ2) is 8.99. The van der Waals surface area contributed by atoms with Gasteiger partial charge in [-0.1, -0.05) is 48.0 Å². The topological polar surface area (TPSA) is 61.8 Å². The van der Waals surface area contributed by atoms with Gasteiger partial charge in [0.1, 0.15) is 24.2 Å². The third-order valence-corrected chi connectivity index (χ3v) is 5.42. The molecule has 0 saturated heterocycles. The Morgan fingerprint density at radius 2 is 1.83 bits per heavy atom. The molecule has 5 heteroatoms. The van der Waals surface area contributed by atoms with Crippen LogP contribution in [-0.4, -0.2) is 24.0 Å². The highest BCUT2D eigenvalue weighted by atomic mass is 16.5. The Morgan fingerprint density at radius 3 is 2.60 bits per heavy atom. The molecule has 2 aliphatic rings. The predicted molar refractivity (Wildman–Crippen MR) is 112 cm³/mol. The summed E-state index contributed by atoms with van der Waals surface area (Å²) in [7, 11) is 0. The summed E-state index contributed by atoms with van der Waals surface area (Å²) in [6.07, 6.45) is 5.71. The molecule has 2 aromatic rings. The van der Waals surface area contributed by atoms with Crippen molar-refractivity contribution in [3.63, 3.8) is 0 Å². The van der Waals surface area contributed by atoms with E-state index >= 15 is 0 Å². The standard InChI is InChI=1S/C25H24O5/c1-17-7-10-19(11-8-17)29-23-16-28-22-15-20(12-13-21(22)25(23)27)30-24(26)14-9-18-5-3-2-4-6-18/h2-11,14,16,20-22H,12-13,15H2,1H3/b14-9+. The first-order valence-corrected chi connectivity index (χ1v) is 10.2. The monoisotopic (exact) mass is 404 g/mol. The number of hydrogen-bond donors (Lipinski definition) is 0. The lowest BCUT2D eigenvalue weighted by Crippen LogP contribution is -2.42. The molecular weight excluding hydrogens is 380 g/mol. The largest absolute Gasteiger partial charge is 0.493 e. The number of benzene rings is 2. The maximum absolute atomic E-state index is 12.8. The summed E-state index contributed by atoms with van der Waals surface area (Å²) in [5, 5.41) is 0. The fourth-order valence-corrected chi connectivity index (χ4v) is 3.78. The Kier molecular flexibility index (Phi) is 5.98. The van der Waals surface area contributed by atoms with Crippen molar-refractivity contribution >= 4 is 17.8 Å². The average molecular weight is 404 g/mol. The summed E-state index contributed by atoms with van der Waals surface area (Å²) in [6, 6.07) is 17.1. The minimum absolute atomic E-state index is 0.0550. The van der Waals surface area contributed by atoms with Gasteiger partial charge in [-0.05, 0) is 43.5 Å². The average Bonchev–Trinajstić information content (AvgIpc) is 2.76. The Hall–Kier alpha value is -3.34. The molecule has 0 aromatic heterocycles. The van der Waals surface area contributed by atoms with Crippen molar-refractivity contribution < 1.29 is 23.8 Å². The van der Waals surface area contributed by atoms with Gasteiger partial charge < -0.3 is 14.2 Å². The molecule has 1 saturated carbocycles. The maximum Gasteiger partial charge on any atom is 0.331 e. The molecule has 2 aromatic carbocycles. The Morgan fingerprint density at radius 1 is 1.07 bits per heavy atom. The number of aryl methyl sites for hydroxylation is 1. The highest BCUT2D eigenvalue weighted by Gasteiger charge is 2.42. The fourth-order valence-electron chi connectivity index (χ4n) is 3.78. The SMILES string of the molecule is Cc1ccc(OC2=COC3CC(OC(=O)/C=C/c4ccccc4)CCC3C2=O)cc1. The third kappa shape index (κ3) is 4.79. The molecule has 1 aliphatic carbocycles. The van der Waals surface area contributed by atoms with Crippen LogP contribution in [0.1, 0.15) is 30.4 Å². The van der Waals surface area contributed by atoms with Crippen LogP contribution in [0.4, 0.5) is 0 Å². The number of esters is 1. The van der Waals surface area contributed by atoms with E-state index in [0.717, 1.165) is 11.1 Å². The molecule has 0 spiro atoms. The number of hydrogen-bond acceptors (Lipinski definition) is 5. The van der Waals surface area contributed by atoms with E-state index in [1.165, 1.54) is 12.3 Å². The van der Waals surface area contributed by atoms with Crippen LogP contribution in [0.3, 0.4) is 0 Å². The van der Waals surface area contributed by atoms with Gasteiger partial charge in [-0.3, -0.25) is 4.79 Å². The molecule has 154 valence electrons. The quantitative estimate of drug-likeness (QED) is 0.538. The van der Waals surface area contributed by atoms with Crippen molar-refractivity contribution in [2.45, 2.75) is 38.4 Å².